The zero-order valence-electron chi connectivity index (χ0n) is 7.26. The summed E-state index contributed by atoms with van der Waals surface area (Å²) in [6.45, 7) is 1.23. The number of hydrogen-bond donors (Lipinski definition) is 1. The maximum Gasteiger partial charge on any atom is 0.0906 e. The minimum Gasteiger partial charge on any atom is -0.311 e. The molecule has 0 bridgehead atoms. The van der Waals surface area contributed by atoms with E-state index in [0.29, 0.717) is 6.42 Å². The largest absolute Gasteiger partial charge is 0.311 e. The van der Waals surface area contributed by atoms with Crippen molar-refractivity contribution < 1.29 is 4.39 Å². The van der Waals surface area contributed by atoms with Crippen molar-refractivity contribution in [3.05, 3.63) is 18.0 Å². The smallest absolute Gasteiger partial charge is 0.0906 e. The Hall–Kier alpha value is -0.900. The van der Waals surface area contributed by atoms with E-state index in [1.807, 2.05) is 17.8 Å². The summed E-state index contributed by atoms with van der Waals surface area (Å²) in [5, 5.41) is 7.15. The molecule has 0 atom stereocenters. The maximum absolute atomic E-state index is 11.7. The fourth-order valence-electron chi connectivity index (χ4n) is 0.983. The lowest BCUT2D eigenvalue weighted by molar-refractivity contribution is 0.457. The van der Waals surface area contributed by atoms with Crippen LogP contribution in [0.25, 0.3) is 0 Å². The van der Waals surface area contributed by atoms with Crippen molar-refractivity contribution in [2.45, 2.75) is 13.0 Å². The summed E-state index contributed by atoms with van der Waals surface area (Å²) in [6.07, 6.45) is 2.34. The number of aromatic nitrogens is 2. The van der Waals surface area contributed by atoms with Gasteiger partial charge in [0, 0.05) is 19.8 Å². The van der Waals surface area contributed by atoms with Crippen LogP contribution in [0, 0.1) is 0 Å². The van der Waals surface area contributed by atoms with Crippen LogP contribution in [0.4, 0.5) is 4.39 Å². The maximum atomic E-state index is 11.7. The molecule has 68 valence electrons. The van der Waals surface area contributed by atoms with E-state index < -0.39 is 0 Å². The highest BCUT2D eigenvalue weighted by atomic mass is 19.1. The Bertz CT molecular complexity index is 222. The Morgan fingerprint density at radius 3 is 3.08 bits per heavy atom. The molecule has 0 aliphatic rings. The second-order valence-electron chi connectivity index (χ2n) is 2.67. The molecule has 0 amide bonds. The molecule has 12 heavy (non-hydrogen) atoms. The van der Waals surface area contributed by atoms with Crippen LogP contribution in [0.3, 0.4) is 0 Å². The monoisotopic (exact) mass is 171 g/mol. The SMILES string of the molecule is Cn1nccc1CNCCCF. The number of nitrogens with zero attached hydrogens (tertiary/aromatic N) is 2. The van der Waals surface area contributed by atoms with Crippen molar-refractivity contribution in [3.8, 4) is 0 Å². The van der Waals surface area contributed by atoms with Gasteiger partial charge >= 0.3 is 0 Å². The lowest BCUT2D eigenvalue weighted by atomic mass is 10.4. The van der Waals surface area contributed by atoms with Crippen LogP contribution in [0.1, 0.15) is 12.1 Å². The molecule has 4 heteroatoms. The van der Waals surface area contributed by atoms with Gasteiger partial charge in [-0.05, 0) is 19.0 Å². The third-order valence-electron chi connectivity index (χ3n) is 1.72. The first-order valence-electron chi connectivity index (χ1n) is 4.08. The Morgan fingerprint density at radius 2 is 2.50 bits per heavy atom. The van der Waals surface area contributed by atoms with E-state index in [0.717, 1.165) is 18.8 Å². The van der Waals surface area contributed by atoms with Gasteiger partial charge in [0.05, 0.1) is 12.4 Å². The van der Waals surface area contributed by atoms with Crippen molar-refractivity contribution in [2.24, 2.45) is 7.05 Å². The Balaban J connectivity index is 2.20. The van der Waals surface area contributed by atoms with Gasteiger partial charge in [0.15, 0.2) is 0 Å². The van der Waals surface area contributed by atoms with Gasteiger partial charge < -0.3 is 5.32 Å². The molecule has 1 aromatic rings. The summed E-state index contributed by atoms with van der Waals surface area (Å²) < 4.78 is 13.5. The third kappa shape index (κ3) is 2.62. The fourth-order valence-corrected chi connectivity index (χ4v) is 0.983. The average Bonchev–Trinajstić information content (AvgIpc) is 2.46. The van der Waals surface area contributed by atoms with Gasteiger partial charge in [0.25, 0.3) is 0 Å². The molecule has 1 heterocycles. The zero-order chi connectivity index (χ0) is 8.81. The van der Waals surface area contributed by atoms with Crippen molar-refractivity contribution in [1.82, 2.24) is 15.1 Å². The first kappa shape index (κ1) is 9.19. The number of nitrogens with one attached hydrogen (secondary N) is 1. The molecule has 1 N–H and O–H groups in total. The lowest BCUT2D eigenvalue weighted by Gasteiger charge is -2.02. The van der Waals surface area contributed by atoms with E-state index in [1.54, 1.807) is 6.20 Å². The molecule has 0 aromatic carbocycles. The summed E-state index contributed by atoms with van der Waals surface area (Å²) in [7, 11) is 1.90. The van der Waals surface area contributed by atoms with E-state index in [2.05, 4.69) is 10.4 Å². The van der Waals surface area contributed by atoms with Crippen molar-refractivity contribution in [2.75, 3.05) is 13.2 Å². The predicted molar refractivity (Wildman–Crippen MR) is 45.5 cm³/mol. The van der Waals surface area contributed by atoms with Gasteiger partial charge in [-0.1, -0.05) is 0 Å². The molecule has 0 radical (unpaired) electrons. The van der Waals surface area contributed by atoms with E-state index in [4.69, 9.17) is 0 Å². The summed E-state index contributed by atoms with van der Waals surface area (Å²) in [5.41, 5.74) is 1.12. The van der Waals surface area contributed by atoms with Crippen LogP contribution in [-0.4, -0.2) is 23.0 Å². The van der Waals surface area contributed by atoms with Gasteiger partial charge in [-0.25, -0.2) is 0 Å². The van der Waals surface area contributed by atoms with Gasteiger partial charge in [0.1, 0.15) is 0 Å². The van der Waals surface area contributed by atoms with E-state index in [9.17, 15) is 4.39 Å². The van der Waals surface area contributed by atoms with Gasteiger partial charge in [-0.2, -0.15) is 5.10 Å². The Kier molecular flexibility index (Phi) is 3.73. The number of alkyl halides is 1. The first-order chi connectivity index (χ1) is 5.84. The van der Waals surface area contributed by atoms with Crippen molar-refractivity contribution >= 4 is 0 Å². The predicted octanol–water partition coefficient (Wildman–Crippen LogP) is 0.869. The minimum absolute atomic E-state index is 0.252. The molecule has 0 saturated carbocycles. The summed E-state index contributed by atoms with van der Waals surface area (Å²) in [6, 6.07) is 1.95. The van der Waals surface area contributed by atoms with Crippen LogP contribution in [0.5, 0.6) is 0 Å². The highest BCUT2D eigenvalue weighted by Crippen LogP contribution is 1.94. The second-order valence-corrected chi connectivity index (χ2v) is 2.67. The quantitative estimate of drug-likeness (QED) is 0.666. The second kappa shape index (κ2) is 4.87. The number of halogens is 1. The van der Waals surface area contributed by atoms with E-state index >= 15 is 0 Å². The molecule has 3 nitrogen and oxygen atoms in total. The highest BCUT2D eigenvalue weighted by molar-refractivity contribution is 4.98. The van der Waals surface area contributed by atoms with Crippen molar-refractivity contribution in [1.29, 1.82) is 0 Å². The molecular weight excluding hydrogens is 157 g/mol. The fraction of sp³-hybridized carbons (Fsp3) is 0.625. The Morgan fingerprint density at radius 1 is 1.67 bits per heavy atom. The van der Waals surface area contributed by atoms with E-state index in [1.165, 1.54) is 0 Å². The van der Waals surface area contributed by atoms with Crippen LogP contribution in [0.2, 0.25) is 0 Å². The molecular formula is C8H14FN3. The normalized spacial score (nSPS) is 10.5. The zero-order valence-corrected chi connectivity index (χ0v) is 7.26. The molecule has 1 rings (SSSR count). The van der Waals surface area contributed by atoms with Crippen molar-refractivity contribution in [3.63, 3.8) is 0 Å². The van der Waals surface area contributed by atoms with Crippen LogP contribution in [-0.2, 0) is 13.6 Å². The lowest BCUT2D eigenvalue weighted by Crippen LogP contribution is -2.17. The molecule has 0 spiro atoms. The number of rotatable bonds is 5. The van der Waals surface area contributed by atoms with Crippen LogP contribution < -0.4 is 5.32 Å². The third-order valence-corrected chi connectivity index (χ3v) is 1.72. The molecule has 0 saturated heterocycles. The summed E-state index contributed by atoms with van der Waals surface area (Å²) in [5.74, 6) is 0. The first-order valence-corrected chi connectivity index (χ1v) is 4.08. The molecule has 0 aliphatic carbocycles. The molecule has 1 aromatic heterocycles. The number of hydrogen-bond acceptors (Lipinski definition) is 2. The van der Waals surface area contributed by atoms with Gasteiger partial charge in [-0.15, -0.1) is 0 Å². The van der Waals surface area contributed by atoms with Crippen LogP contribution >= 0.6 is 0 Å². The van der Waals surface area contributed by atoms with Crippen LogP contribution in [0.15, 0.2) is 12.3 Å². The average molecular weight is 171 g/mol. The number of aryl methyl sites for hydroxylation is 1. The summed E-state index contributed by atoms with van der Waals surface area (Å²) >= 11 is 0. The standard InChI is InChI=1S/C8H14FN3/c1-12-8(3-6-11-12)7-10-5-2-4-9/h3,6,10H,2,4-5,7H2,1H3. The molecule has 0 unspecified atom stereocenters. The highest BCUT2D eigenvalue weighted by Gasteiger charge is 1.95. The van der Waals surface area contributed by atoms with Gasteiger partial charge in [-0.3, -0.25) is 9.07 Å². The Labute approximate surface area is 71.6 Å². The molecule has 0 fully saturated rings. The minimum atomic E-state index is -0.252. The summed E-state index contributed by atoms with van der Waals surface area (Å²) in [4.78, 5) is 0. The topological polar surface area (TPSA) is 29.9 Å². The van der Waals surface area contributed by atoms with E-state index in [-0.39, 0.29) is 6.67 Å². The van der Waals surface area contributed by atoms with Gasteiger partial charge in [0.2, 0.25) is 0 Å². The molecule has 0 aliphatic heterocycles.